The first-order valence-electron chi connectivity index (χ1n) is 9.11. The smallest absolute Gasteiger partial charge is 0.278 e. The maximum Gasteiger partial charge on any atom is 0.278 e. The van der Waals surface area contributed by atoms with Crippen LogP contribution in [0.4, 0.5) is 5.82 Å². The van der Waals surface area contributed by atoms with Crippen LogP contribution in [-0.4, -0.2) is 40.2 Å². The number of hydroxylamine groups is 1. The Kier molecular flexibility index (Phi) is 5.01. The number of hydrogen-bond donors (Lipinski definition) is 3. The summed E-state index contributed by atoms with van der Waals surface area (Å²) in [7, 11) is 0. The molecular formula is C21H21N5O2. The Morgan fingerprint density at radius 1 is 1.11 bits per heavy atom. The van der Waals surface area contributed by atoms with Crippen molar-refractivity contribution < 1.29 is 10.0 Å². The lowest BCUT2D eigenvalue weighted by Gasteiger charge is -2.20. The SMILES string of the molecule is NC1CCN(c2ncc(-c3ccc(-c4cccnc4)cc3)cc2C(=O)NO)C1. The van der Waals surface area contributed by atoms with E-state index in [4.69, 9.17) is 10.9 Å². The lowest BCUT2D eigenvalue weighted by Crippen LogP contribution is -2.30. The largest absolute Gasteiger partial charge is 0.354 e. The van der Waals surface area contributed by atoms with Crippen LogP contribution in [0.1, 0.15) is 16.8 Å². The number of hydrogen-bond acceptors (Lipinski definition) is 6. The van der Waals surface area contributed by atoms with E-state index in [1.54, 1.807) is 23.9 Å². The monoisotopic (exact) mass is 375 g/mol. The third-order valence-electron chi connectivity index (χ3n) is 4.95. The summed E-state index contributed by atoms with van der Waals surface area (Å²) in [5.41, 5.74) is 11.8. The Balaban J connectivity index is 1.67. The van der Waals surface area contributed by atoms with Gasteiger partial charge in [-0.2, -0.15) is 0 Å². The van der Waals surface area contributed by atoms with Crippen LogP contribution < -0.4 is 16.1 Å². The molecule has 1 aliphatic heterocycles. The number of rotatable bonds is 4. The van der Waals surface area contributed by atoms with Crippen molar-refractivity contribution in [3.8, 4) is 22.3 Å². The quantitative estimate of drug-likeness (QED) is 0.478. The van der Waals surface area contributed by atoms with E-state index in [-0.39, 0.29) is 6.04 Å². The summed E-state index contributed by atoms with van der Waals surface area (Å²) < 4.78 is 0. The molecule has 7 heteroatoms. The molecule has 1 atom stereocenters. The van der Waals surface area contributed by atoms with Crippen molar-refractivity contribution in [2.45, 2.75) is 12.5 Å². The van der Waals surface area contributed by atoms with E-state index in [1.807, 2.05) is 47.5 Å². The van der Waals surface area contributed by atoms with Crippen molar-refractivity contribution in [1.82, 2.24) is 15.4 Å². The highest BCUT2D eigenvalue weighted by Gasteiger charge is 2.25. The Morgan fingerprint density at radius 2 is 1.86 bits per heavy atom. The number of nitrogens with two attached hydrogens (primary N) is 1. The van der Waals surface area contributed by atoms with E-state index < -0.39 is 5.91 Å². The van der Waals surface area contributed by atoms with Crippen molar-refractivity contribution in [2.75, 3.05) is 18.0 Å². The molecular weight excluding hydrogens is 354 g/mol. The standard InChI is InChI=1S/C21H21N5O2/c22-18-7-9-26(13-18)20-19(21(27)25-28)10-17(12-24-20)15-5-3-14(4-6-15)16-2-1-8-23-11-16/h1-6,8,10-12,18,28H,7,9,13,22H2,(H,25,27). The van der Waals surface area contributed by atoms with Gasteiger partial charge in [-0.3, -0.25) is 15.0 Å². The number of pyridine rings is 2. The third-order valence-corrected chi connectivity index (χ3v) is 4.95. The van der Waals surface area contributed by atoms with Crippen LogP contribution in [0.25, 0.3) is 22.3 Å². The minimum absolute atomic E-state index is 0.0616. The van der Waals surface area contributed by atoms with E-state index in [0.717, 1.165) is 35.2 Å². The highest BCUT2D eigenvalue weighted by molar-refractivity contribution is 5.99. The maximum absolute atomic E-state index is 12.2. The highest BCUT2D eigenvalue weighted by Crippen LogP contribution is 2.29. The Labute approximate surface area is 162 Å². The Hall–Kier alpha value is -3.29. The van der Waals surface area contributed by atoms with Gasteiger partial charge in [0.15, 0.2) is 0 Å². The summed E-state index contributed by atoms with van der Waals surface area (Å²) in [5.74, 6) is -0.0490. The van der Waals surface area contributed by atoms with E-state index >= 15 is 0 Å². The predicted octanol–water partition coefficient (Wildman–Crippen LogP) is 2.47. The van der Waals surface area contributed by atoms with Gasteiger partial charge in [0.25, 0.3) is 5.91 Å². The van der Waals surface area contributed by atoms with Gasteiger partial charge in [-0.1, -0.05) is 30.3 Å². The Bertz CT molecular complexity index is 976. The van der Waals surface area contributed by atoms with Crippen molar-refractivity contribution in [2.24, 2.45) is 5.73 Å². The van der Waals surface area contributed by atoms with Crippen LogP contribution in [0.15, 0.2) is 61.1 Å². The topological polar surface area (TPSA) is 104 Å². The van der Waals surface area contributed by atoms with Crippen LogP contribution in [0.3, 0.4) is 0 Å². The first kappa shape index (κ1) is 18.1. The second-order valence-corrected chi connectivity index (χ2v) is 6.85. The van der Waals surface area contributed by atoms with Gasteiger partial charge in [-0.15, -0.1) is 0 Å². The minimum atomic E-state index is -0.586. The van der Waals surface area contributed by atoms with Gasteiger partial charge in [0, 0.05) is 43.3 Å². The van der Waals surface area contributed by atoms with Crippen LogP contribution in [0.2, 0.25) is 0 Å². The number of benzene rings is 1. The number of carbonyl (C=O) groups excluding carboxylic acids is 1. The molecule has 142 valence electrons. The molecule has 28 heavy (non-hydrogen) atoms. The van der Waals surface area contributed by atoms with Gasteiger partial charge in [0.1, 0.15) is 5.82 Å². The first-order chi connectivity index (χ1) is 13.7. The lowest BCUT2D eigenvalue weighted by molar-refractivity contribution is 0.0706. The van der Waals surface area contributed by atoms with Crippen molar-refractivity contribution in [3.63, 3.8) is 0 Å². The average molecular weight is 375 g/mol. The second-order valence-electron chi connectivity index (χ2n) is 6.85. The van der Waals surface area contributed by atoms with E-state index in [1.165, 1.54) is 0 Å². The number of nitrogens with zero attached hydrogens (tertiary/aromatic N) is 3. The van der Waals surface area contributed by atoms with E-state index in [0.29, 0.717) is 17.9 Å². The number of aromatic nitrogens is 2. The summed E-state index contributed by atoms with van der Waals surface area (Å²) >= 11 is 0. The molecule has 1 aliphatic rings. The predicted molar refractivity (Wildman–Crippen MR) is 107 cm³/mol. The van der Waals surface area contributed by atoms with Gasteiger partial charge in [-0.25, -0.2) is 10.5 Å². The molecule has 1 aromatic carbocycles. The molecule has 3 heterocycles. The molecule has 1 fully saturated rings. The fraction of sp³-hybridized carbons (Fsp3) is 0.190. The second kappa shape index (κ2) is 7.75. The molecule has 2 aromatic heterocycles. The van der Waals surface area contributed by atoms with Gasteiger partial charge >= 0.3 is 0 Å². The molecule has 1 unspecified atom stereocenters. The van der Waals surface area contributed by atoms with Crippen molar-refractivity contribution in [3.05, 3.63) is 66.6 Å². The summed E-state index contributed by atoms with van der Waals surface area (Å²) in [6, 6.07) is 13.7. The molecule has 3 aromatic rings. The van der Waals surface area contributed by atoms with E-state index in [9.17, 15) is 4.79 Å². The minimum Gasteiger partial charge on any atom is -0.354 e. The molecule has 1 saturated heterocycles. The van der Waals surface area contributed by atoms with Crippen molar-refractivity contribution in [1.29, 1.82) is 0 Å². The van der Waals surface area contributed by atoms with Crippen LogP contribution in [0, 0.1) is 0 Å². The zero-order valence-corrected chi connectivity index (χ0v) is 15.2. The highest BCUT2D eigenvalue weighted by atomic mass is 16.5. The zero-order chi connectivity index (χ0) is 19.5. The molecule has 0 radical (unpaired) electrons. The molecule has 4 rings (SSSR count). The zero-order valence-electron chi connectivity index (χ0n) is 15.2. The van der Waals surface area contributed by atoms with Crippen molar-refractivity contribution >= 4 is 11.7 Å². The van der Waals surface area contributed by atoms with Crippen LogP contribution >= 0.6 is 0 Å². The summed E-state index contributed by atoms with van der Waals surface area (Å²) in [6.45, 7) is 1.37. The summed E-state index contributed by atoms with van der Waals surface area (Å²) in [6.07, 6.45) is 6.15. The molecule has 0 saturated carbocycles. The summed E-state index contributed by atoms with van der Waals surface area (Å²) in [5, 5.41) is 9.15. The maximum atomic E-state index is 12.2. The van der Waals surface area contributed by atoms with Gasteiger partial charge < -0.3 is 10.6 Å². The third kappa shape index (κ3) is 3.58. The Morgan fingerprint density at radius 3 is 2.46 bits per heavy atom. The molecule has 0 bridgehead atoms. The molecule has 0 aliphatic carbocycles. The number of carbonyl (C=O) groups is 1. The van der Waals surface area contributed by atoms with Crippen LogP contribution in [-0.2, 0) is 0 Å². The molecule has 1 amide bonds. The lowest BCUT2D eigenvalue weighted by atomic mass is 10.0. The molecule has 4 N–H and O–H groups in total. The molecule has 7 nitrogen and oxygen atoms in total. The summed E-state index contributed by atoms with van der Waals surface area (Å²) in [4.78, 5) is 22.9. The average Bonchev–Trinajstić information content (AvgIpc) is 3.19. The van der Waals surface area contributed by atoms with Crippen LogP contribution in [0.5, 0.6) is 0 Å². The normalized spacial score (nSPS) is 16.2. The van der Waals surface area contributed by atoms with Gasteiger partial charge in [-0.05, 0) is 35.2 Å². The fourth-order valence-electron chi connectivity index (χ4n) is 3.46. The molecule has 0 spiro atoms. The number of amides is 1. The number of anilines is 1. The first-order valence-corrected chi connectivity index (χ1v) is 9.11. The van der Waals surface area contributed by atoms with E-state index in [2.05, 4.69) is 9.97 Å². The van der Waals surface area contributed by atoms with Gasteiger partial charge in [0.2, 0.25) is 0 Å². The van der Waals surface area contributed by atoms with Gasteiger partial charge in [0.05, 0.1) is 5.56 Å². The fourth-order valence-corrected chi connectivity index (χ4v) is 3.46. The number of nitrogens with one attached hydrogen (secondary N) is 1.